The van der Waals surface area contributed by atoms with Crippen LogP contribution in [0.25, 0.3) is 0 Å². The van der Waals surface area contributed by atoms with E-state index >= 15 is 0 Å². The second-order valence-corrected chi connectivity index (χ2v) is 7.48. The summed E-state index contributed by atoms with van der Waals surface area (Å²) >= 11 is 0. The summed E-state index contributed by atoms with van der Waals surface area (Å²) in [6.45, 7) is 1.60. The topological polar surface area (TPSA) is 138 Å². The Hall–Kier alpha value is -3.52. The van der Waals surface area contributed by atoms with Crippen molar-refractivity contribution in [3.63, 3.8) is 0 Å². The number of benzene rings is 2. The first-order valence-electron chi connectivity index (χ1n) is 9.30. The average Bonchev–Trinajstić information content (AvgIpc) is 2.70. The van der Waals surface area contributed by atoms with Crippen molar-refractivity contribution in [3.8, 4) is 11.5 Å². The highest BCUT2D eigenvalue weighted by molar-refractivity contribution is 6.31. The second kappa shape index (κ2) is 6.50. The Bertz CT molecular complexity index is 1160. The summed E-state index contributed by atoms with van der Waals surface area (Å²) in [6, 6.07) is 5.19. The molecule has 0 heterocycles. The number of phenols is 2. The van der Waals surface area contributed by atoms with E-state index in [1.807, 2.05) is 0 Å². The quantitative estimate of drug-likeness (QED) is 0.544. The second-order valence-electron chi connectivity index (χ2n) is 7.48. The number of rotatable bonds is 2. The molecular weight excluding hydrogens is 392 g/mol. The molecule has 0 amide bonds. The van der Waals surface area contributed by atoms with Gasteiger partial charge in [0.15, 0.2) is 11.6 Å². The van der Waals surface area contributed by atoms with Gasteiger partial charge in [-0.2, -0.15) is 0 Å². The van der Waals surface area contributed by atoms with E-state index in [2.05, 4.69) is 0 Å². The number of methoxy groups -OCH3 is 1. The monoisotopic (exact) mass is 410 g/mol. The fraction of sp³-hybridized carbons (Fsp3) is 0.273. The molecule has 0 aliphatic heterocycles. The molecule has 154 valence electrons. The summed E-state index contributed by atoms with van der Waals surface area (Å²) in [5, 5.41) is 31.9. The van der Waals surface area contributed by atoms with E-state index in [0.717, 1.165) is 7.11 Å². The number of ether oxygens (including phenoxy) is 1. The molecule has 8 heteroatoms. The summed E-state index contributed by atoms with van der Waals surface area (Å²) in [7, 11) is 1.13. The van der Waals surface area contributed by atoms with Gasteiger partial charge in [0.1, 0.15) is 17.4 Å². The van der Waals surface area contributed by atoms with Crippen molar-refractivity contribution < 1.29 is 39.2 Å². The number of Topliss-reactive ketones (excluding diaryl/α,β-unsaturated/α-hetero) is 1. The summed E-state index contributed by atoms with van der Waals surface area (Å²) in [5.41, 5.74) is -3.08. The Balaban J connectivity index is 2.06. The molecule has 2 aromatic carbocycles. The number of carbonyl (C=O) groups excluding carboxylic acids is 4. The number of hydrogen-bond donors (Lipinski definition) is 3. The lowest BCUT2D eigenvalue weighted by Crippen LogP contribution is -2.46. The fourth-order valence-corrected chi connectivity index (χ4v) is 4.41. The van der Waals surface area contributed by atoms with Crippen LogP contribution in [0.2, 0.25) is 0 Å². The zero-order chi connectivity index (χ0) is 22.0. The third-order valence-corrected chi connectivity index (χ3v) is 5.96. The number of phenolic OH excluding ortho intramolecular Hbond substituents is 2. The molecule has 0 aromatic heterocycles. The first kappa shape index (κ1) is 19.8. The van der Waals surface area contributed by atoms with E-state index in [1.54, 1.807) is 6.92 Å². The Morgan fingerprint density at radius 1 is 1.10 bits per heavy atom. The third-order valence-electron chi connectivity index (χ3n) is 5.96. The van der Waals surface area contributed by atoms with Crippen molar-refractivity contribution >= 4 is 23.3 Å². The largest absolute Gasteiger partial charge is 0.507 e. The van der Waals surface area contributed by atoms with Gasteiger partial charge in [-0.05, 0) is 24.1 Å². The maximum Gasteiger partial charge on any atom is 0.316 e. The highest BCUT2D eigenvalue weighted by atomic mass is 16.5. The van der Waals surface area contributed by atoms with Gasteiger partial charge < -0.3 is 20.1 Å². The summed E-state index contributed by atoms with van der Waals surface area (Å²) < 4.78 is 4.81. The molecule has 0 radical (unpaired) electrons. The summed E-state index contributed by atoms with van der Waals surface area (Å²) in [5.74, 6) is -5.46. The number of esters is 1. The van der Waals surface area contributed by atoms with E-state index < -0.39 is 58.3 Å². The number of carbonyl (C=O) groups is 4. The van der Waals surface area contributed by atoms with Crippen molar-refractivity contribution in [2.75, 3.05) is 7.11 Å². The van der Waals surface area contributed by atoms with Crippen LogP contribution in [0.3, 0.4) is 0 Å². The van der Waals surface area contributed by atoms with E-state index in [4.69, 9.17) is 4.74 Å². The fourth-order valence-electron chi connectivity index (χ4n) is 4.41. The standard InChI is InChI=1S/C22H18O8/c1-3-22(29)8-13(24)15-10(17(22)21(28)30-2)7-11-16(20(15)27)19(26)14-9(18(11)25)5-4-6-12(14)23/h4-7,17,23,27,29H,3,8H2,1-2H3. The van der Waals surface area contributed by atoms with Gasteiger partial charge >= 0.3 is 5.97 Å². The van der Waals surface area contributed by atoms with Gasteiger partial charge in [-0.15, -0.1) is 0 Å². The molecule has 4 rings (SSSR count). The van der Waals surface area contributed by atoms with Gasteiger partial charge in [0, 0.05) is 17.5 Å². The van der Waals surface area contributed by atoms with Crippen LogP contribution in [0.1, 0.15) is 73.4 Å². The van der Waals surface area contributed by atoms with Crippen molar-refractivity contribution in [2.24, 2.45) is 0 Å². The molecule has 30 heavy (non-hydrogen) atoms. The number of ketones is 3. The van der Waals surface area contributed by atoms with Gasteiger partial charge in [0.2, 0.25) is 5.78 Å². The highest BCUT2D eigenvalue weighted by Gasteiger charge is 2.51. The lowest BCUT2D eigenvalue weighted by atomic mass is 9.67. The van der Waals surface area contributed by atoms with E-state index in [0.29, 0.717) is 0 Å². The van der Waals surface area contributed by atoms with Crippen LogP contribution >= 0.6 is 0 Å². The third kappa shape index (κ3) is 2.43. The first-order chi connectivity index (χ1) is 14.2. The maximum absolute atomic E-state index is 13.1. The van der Waals surface area contributed by atoms with Crippen LogP contribution in [-0.2, 0) is 9.53 Å². The molecule has 2 aliphatic carbocycles. The molecule has 0 fully saturated rings. The predicted octanol–water partition coefficient (Wildman–Crippen LogP) is 1.86. The van der Waals surface area contributed by atoms with Crippen molar-refractivity contribution in [2.45, 2.75) is 31.3 Å². The molecule has 0 saturated heterocycles. The number of aromatic hydroxyl groups is 2. The number of fused-ring (bicyclic) bond motifs is 3. The Labute approximate surface area is 170 Å². The SMILES string of the molecule is CCC1(O)CC(=O)c2c(cc3c(c2O)C(=O)c2c(O)cccc2C3=O)C1C(=O)OC. The van der Waals surface area contributed by atoms with Gasteiger partial charge in [-0.25, -0.2) is 0 Å². The molecule has 2 aliphatic rings. The van der Waals surface area contributed by atoms with Gasteiger partial charge in [0.25, 0.3) is 0 Å². The molecular formula is C22H18O8. The molecule has 0 spiro atoms. The van der Waals surface area contributed by atoms with Crippen molar-refractivity contribution in [3.05, 3.63) is 57.6 Å². The van der Waals surface area contributed by atoms with Crippen LogP contribution in [0.5, 0.6) is 11.5 Å². The van der Waals surface area contributed by atoms with Crippen LogP contribution < -0.4 is 0 Å². The van der Waals surface area contributed by atoms with Crippen molar-refractivity contribution in [1.29, 1.82) is 0 Å². The maximum atomic E-state index is 13.1. The smallest absolute Gasteiger partial charge is 0.316 e. The van der Waals surface area contributed by atoms with Crippen LogP contribution in [0.15, 0.2) is 24.3 Å². The predicted molar refractivity (Wildman–Crippen MR) is 102 cm³/mol. The highest BCUT2D eigenvalue weighted by Crippen LogP contribution is 2.48. The molecule has 0 bridgehead atoms. The lowest BCUT2D eigenvalue weighted by Gasteiger charge is -2.39. The molecule has 2 unspecified atom stereocenters. The number of aliphatic hydroxyl groups is 1. The first-order valence-corrected chi connectivity index (χ1v) is 9.30. The summed E-state index contributed by atoms with van der Waals surface area (Å²) in [6.07, 6.45) is -0.425. The van der Waals surface area contributed by atoms with Gasteiger partial charge in [0.05, 0.1) is 29.4 Å². The lowest BCUT2D eigenvalue weighted by molar-refractivity contribution is -0.150. The minimum Gasteiger partial charge on any atom is -0.507 e. The van der Waals surface area contributed by atoms with E-state index in [1.165, 1.54) is 24.3 Å². The Kier molecular flexibility index (Phi) is 4.28. The molecule has 3 N–H and O–H groups in total. The van der Waals surface area contributed by atoms with Crippen LogP contribution in [-0.4, -0.2) is 51.3 Å². The Morgan fingerprint density at radius 2 is 1.80 bits per heavy atom. The van der Waals surface area contributed by atoms with Gasteiger partial charge in [-0.3, -0.25) is 19.2 Å². The molecule has 8 nitrogen and oxygen atoms in total. The van der Waals surface area contributed by atoms with Crippen LogP contribution in [0.4, 0.5) is 0 Å². The zero-order valence-electron chi connectivity index (χ0n) is 16.2. The van der Waals surface area contributed by atoms with E-state index in [-0.39, 0.29) is 34.2 Å². The zero-order valence-corrected chi connectivity index (χ0v) is 16.2. The molecule has 2 aromatic rings. The normalized spacial score (nSPS) is 22.2. The van der Waals surface area contributed by atoms with Crippen molar-refractivity contribution in [1.82, 2.24) is 0 Å². The molecule has 2 atom stereocenters. The average molecular weight is 410 g/mol. The summed E-state index contributed by atoms with van der Waals surface area (Å²) in [4.78, 5) is 51.4. The minimum absolute atomic E-state index is 0.0410. The van der Waals surface area contributed by atoms with E-state index in [9.17, 15) is 34.5 Å². The van der Waals surface area contributed by atoms with Gasteiger partial charge in [-0.1, -0.05) is 19.1 Å². The Morgan fingerprint density at radius 3 is 2.43 bits per heavy atom. The molecule has 0 saturated carbocycles. The minimum atomic E-state index is -1.77. The number of hydrogen-bond acceptors (Lipinski definition) is 8. The van der Waals surface area contributed by atoms with Crippen LogP contribution in [0, 0.1) is 0 Å².